The van der Waals surface area contributed by atoms with E-state index in [1.54, 1.807) is 0 Å². The lowest BCUT2D eigenvalue weighted by Crippen LogP contribution is -2.23. The van der Waals surface area contributed by atoms with Crippen molar-refractivity contribution in [3.05, 3.63) is 0 Å². The Kier molecular flexibility index (Phi) is 13.2. The molecule has 168 valence electrons. The molecule has 1 unspecified atom stereocenters. The minimum absolute atomic E-state index is 0.0281. The Hall–Kier alpha value is 0.0700. The van der Waals surface area contributed by atoms with Crippen LogP contribution in [-0.4, -0.2) is 32.0 Å². The summed E-state index contributed by atoms with van der Waals surface area (Å²) in [7, 11) is -2.10. The van der Waals surface area contributed by atoms with Crippen molar-refractivity contribution in [1.82, 2.24) is 0 Å². The topological polar surface area (TPSA) is 54.0 Å². The van der Waals surface area contributed by atoms with Crippen LogP contribution in [0, 0.1) is 5.92 Å². The van der Waals surface area contributed by atoms with E-state index in [9.17, 15) is 4.57 Å². The van der Waals surface area contributed by atoms with E-state index < -0.39 is 7.82 Å². The molecule has 1 atom stereocenters. The minimum atomic E-state index is -3.49. The minimum Gasteiger partial charge on any atom is -0.373 e. The molecule has 0 aromatic carbocycles. The highest BCUT2D eigenvalue weighted by Crippen LogP contribution is 2.51. The van der Waals surface area contributed by atoms with Gasteiger partial charge in [0, 0.05) is 7.11 Å². The van der Waals surface area contributed by atoms with Crippen LogP contribution in [0.5, 0.6) is 0 Å². The first-order valence-corrected chi connectivity index (χ1v) is 12.9. The van der Waals surface area contributed by atoms with Gasteiger partial charge in [-0.05, 0) is 52.4 Å². The molecule has 5 nitrogen and oxygen atoms in total. The van der Waals surface area contributed by atoms with E-state index in [1.165, 1.54) is 58.5 Å². The van der Waals surface area contributed by atoms with Gasteiger partial charge in [0.25, 0.3) is 0 Å². The third kappa shape index (κ3) is 12.6. The largest absolute Gasteiger partial charge is 0.474 e. The molecule has 0 radical (unpaired) electrons. The van der Waals surface area contributed by atoms with Crippen molar-refractivity contribution in [2.45, 2.75) is 116 Å². The summed E-state index contributed by atoms with van der Waals surface area (Å²) in [5.74, 6) is 0.790. The summed E-state index contributed by atoms with van der Waals surface area (Å²) in [6.45, 7) is 8.76. The highest BCUT2D eigenvalue weighted by molar-refractivity contribution is 7.48. The third-order valence-electron chi connectivity index (χ3n) is 5.38. The Balaban J connectivity index is 2.17. The molecule has 0 bridgehead atoms. The maximum atomic E-state index is 12.7. The van der Waals surface area contributed by atoms with E-state index in [2.05, 4.69) is 6.92 Å². The van der Waals surface area contributed by atoms with Crippen molar-refractivity contribution in [1.29, 1.82) is 0 Å². The summed E-state index contributed by atoms with van der Waals surface area (Å²) in [6.07, 6.45) is 15.0. The highest BCUT2D eigenvalue weighted by atomic mass is 31.2. The molecule has 0 aromatic heterocycles. The van der Waals surface area contributed by atoms with E-state index in [4.69, 9.17) is 18.3 Å². The fourth-order valence-corrected chi connectivity index (χ4v) is 4.85. The monoisotopic (exact) mass is 420 g/mol. The molecule has 0 heterocycles. The fraction of sp³-hybridized carbons (Fsp3) is 1.00. The number of ether oxygens (including phenoxy) is 1. The molecular weight excluding hydrogens is 375 g/mol. The number of phosphoric ester groups is 1. The zero-order chi connectivity index (χ0) is 20.9. The first kappa shape index (κ1) is 26.1. The van der Waals surface area contributed by atoms with Gasteiger partial charge in [-0.2, -0.15) is 0 Å². The van der Waals surface area contributed by atoms with Gasteiger partial charge in [0.1, 0.15) is 0 Å². The van der Waals surface area contributed by atoms with E-state index in [1.807, 2.05) is 20.8 Å². The number of rotatable bonds is 15. The van der Waals surface area contributed by atoms with Crippen molar-refractivity contribution in [3.8, 4) is 0 Å². The van der Waals surface area contributed by atoms with Crippen LogP contribution >= 0.6 is 7.82 Å². The van der Waals surface area contributed by atoms with Crippen LogP contribution in [0.15, 0.2) is 0 Å². The summed E-state index contributed by atoms with van der Waals surface area (Å²) in [5.41, 5.74) is -0.241. The Labute approximate surface area is 173 Å². The van der Waals surface area contributed by atoms with Crippen LogP contribution in [0.3, 0.4) is 0 Å². The van der Waals surface area contributed by atoms with Crippen LogP contribution in [0.2, 0.25) is 0 Å². The second-order valence-corrected chi connectivity index (χ2v) is 10.8. The highest BCUT2D eigenvalue weighted by Gasteiger charge is 2.32. The molecule has 1 aliphatic rings. The third-order valence-corrected chi connectivity index (χ3v) is 6.88. The van der Waals surface area contributed by atoms with Crippen LogP contribution in [0.25, 0.3) is 0 Å². The van der Waals surface area contributed by atoms with Crippen LogP contribution in [-0.2, 0) is 22.9 Å². The molecule has 1 aliphatic carbocycles. The van der Waals surface area contributed by atoms with Gasteiger partial charge in [-0.25, -0.2) is 4.57 Å². The Morgan fingerprint density at radius 1 is 0.893 bits per heavy atom. The first-order chi connectivity index (χ1) is 13.3. The SMILES string of the molecule is CCCCCCCCCC1CCC(OP(=O)(OC)OCCOC(C)(C)C)CC1. The van der Waals surface area contributed by atoms with Gasteiger partial charge in [0.2, 0.25) is 0 Å². The van der Waals surface area contributed by atoms with Crippen molar-refractivity contribution in [2.75, 3.05) is 20.3 Å². The molecule has 0 saturated heterocycles. The predicted molar refractivity (Wildman–Crippen MR) is 116 cm³/mol. The molecule has 1 rings (SSSR count). The van der Waals surface area contributed by atoms with Crippen LogP contribution < -0.4 is 0 Å². The summed E-state index contributed by atoms with van der Waals surface area (Å²) >= 11 is 0. The van der Waals surface area contributed by atoms with Crippen molar-refractivity contribution < 1.29 is 22.9 Å². The molecule has 0 aliphatic heterocycles. The smallest absolute Gasteiger partial charge is 0.373 e. The van der Waals surface area contributed by atoms with Crippen LogP contribution in [0.4, 0.5) is 0 Å². The lowest BCUT2D eigenvalue weighted by Gasteiger charge is -2.30. The Bertz CT molecular complexity index is 427. The number of unbranched alkanes of at least 4 members (excludes halogenated alkanes) is 6. The van der Waals surface area contributed by atoms with E-state index in [-0.39, 0.29) is 18.3 Å². The Morgan fingerprint density at radius 2 is 1.50 bits per heavy atom. The van der Waals surface area contributed by atoms with Gasteiger partial charge in [-0.3, -0.25) is 13.6 Å². The quantitative estimate of drug-likeness (QED) is 0.206. The number of hydrogen-bond acceptors (Lipinski definition) is 5. The van der Waals surface area contributed by atoms with Crippen molar-refractivity contribution >= 4 is 7.82 Å². The standard InChI is InChI=1S/C22H45O5P/c1-6-7-8-9-10-11-12-13-20-14-16-21(17-15-20)27-28(23,24-5)26-19-18-25-22(2,3)4/h20-21H,6-19H2,1-5H3. The molecule has 1 fully saturated rings. The lowest BCUT2D eigenvalue weighted by molar-refractivity contribution is -0.0252. The van der Waals surface area contributed by atoms with Gasteiger partial charge in [-0.1, -0.05) is 58.3 Å². The van der Waals surface area contributed by atoms with Crippen LogP contribution in [0.1, 0.15) is 105 Å². The number of hydrogen-bond donors (Lipinski definition) is 0. The molecular formula is C22H45O5P. The maximum absolute atomic E-state index is 12.7. The summed E-state index contributed by atoms with van der Waals surface area (Å²) < 4.78 is 34.5. The molecule has 28 heavy (non-hydrogen) atoms. The van der Waals surface area contributed by atoms with Crippen molar-refractivity contribution in [2.24, 2.45) is 5.92 Å². The zero-order valence-electron chi connectivity index (χ0n) is 19.0. The summed E-state index contributed by atoms with van der Waals surface area (Å²) in [5, 5.41) is 0. The first-order valence-electron chi connectivity index (χ1n) is 11.4. The second kappa shape index (κ2) is 14.1. The van der Waals surface area contributed by atoms with Gasteiger partial charge >= 0.3 is 7.82 Å². The molecule has 0 aromatic rings. The van der Waals surface area contributed by atoms with E-state index in [0.29, 0.717) is 6.61 Å². The molecule has 0 amide bonds. The van der Waals surface area contributed by atoms with Gasteiger partial charge in [0.15, 0.2) is 0 Å². The normalized spacial score (nSPS) is 22.9. The maximum Gasteiger partial charge on any atom is 0.474 e. The average Bonchev–Trinajstić information content (AvgIpc) is 2.65. The molecule has 0 N–H and O–H groups in total. The number of phosphoric acid groups is 1. The second-order valence-electron chi connectivity index (χ2n) is 9.08. The summed E-state index contributed by atoms with van der Waals surface area (Å²) in [6, 6.07) is 0. The van der Waals surface area contributed by atoms with E-state index in [0.717, 1.165) is 31.6 Å². The zero-order valence-corrected chi connectivity index (χ0v) is 19.9. The van der Waals surface area contributed by atoms with Gasteiger partial charge in [0.05, 0.1) is 24.9 Å². The molecule has 1 saturated carbocycles. The summed E-state index contributed by atoms with van der Waals surface area (Å²) in [4.78, 5) is 0. The average molecular weight is 421 g/mol. The van der Waals surface area contributed by atoms with Crippen molar-refractivity contribution in [3.63, 3.8) is 0 Å². The molecule has 0 spiro atoms. The fourth-order valence-electron chi connectivity index (χ4n) is 3.72. The lowest BCUT2D eigenvalue weighted by atomic mass is 9.84. The van der Waals surface area contributed by atoms with Gasteiger partial charge in [-0.15, -0.1) is 0 Å². The molecule has 6 heteroatoms. The van der Waals surface area contributed by atoms with E-state index >= 15 is 0 Å². The predicted octanol–water partition coefficient (Wildman–Crippen LogP) is 7.29. The van der Waals surface area contributed by atoms with Gasteiger partial charge < -0.3 is 4.74 Å². The Morgan fingerprint density at radius 3 is 2.07 bits per heavy atom.